The highest BCUT2D eigenvalue weighted by Gasteiger charge is 2.12. The third-order valence-corrected chi connectivity index (χ3v) is 4.23. The number of nitrogens with zero attached hydrogens (tertiary/aromatic N) is 3. The molecule has 96 valence electrons. The molecule has 0 aliphatic carbocycles. The number of benzene rings is 2. The minimum atomic E-state index is -0.420. The second-order valence-corrected chi connectivity index (χ2v) is 5.44. The largest absolute Gasteiger partial charge is 0.271 e. The van der Waals surface area contributed by atoms with Crippen molar-refractivity contribution in [1.29, 1.82) is 0 Å². The minimum absolute atomic E-state index is 0.0330. The van der Waals surface area contributed by atoms with Gasteiger partial charge in [-0.25, -0.2) is 9.97 Å². The van der Waals surface area contributed by atoms with Crippen LogP contribution in [0.25, 0.3) is 31.5 Å². The molecule has 0 unspecified atom stereocenters. The fourth-order valence-electron chi connectivity index (χ4n) is 2.24. The number of aromatic nitrogens is 2. The van der Waals surface area contributed by atoms with Crippen LogP contribution in [-0.2, 0) is 0 Å². The number of nitro benzene ring substituents is 1. The monoisotopic (exact) mass is 281 g/mol. The van der Waals surface area contributed by atoms with Crippen molar-refractivity contribution in [3.63, 3.8) is 0 Å². The first-order valence-electron chi connectivity index (χ1n) is 5.96. The predicted molar refractivity (Wildman–Crippen MR) is 79.1 cm³/mol. The lowest BCUT2D eigenvalue weighted by Crippen LogP contribution is -1.90. The van der Waals surface area contributed by atoms with Crippen LogP contribution in [0, 0.1) is 10.1 Å². The molecule has 2 aromatic heterocycles. The first-order chi connectivity index (χ1) is 9.72. The molecule has 2 heterocycles. The van der Waals surface area contributed by atoms with Gasteiger partial charge in [0.05, 0.1) is 16.0 Å². The summed E-state index contributed by atoms with van der Waals surface area (Å²) in [6, 6.07) is 12.5. The van der Waals surface area contributed by atoms with E-state index in [-0.39, 0.29) is 5.69 Å². The van der Waals surface area contributed by atoms with Crippen molar-refractivity contribution < 1.29 is 4.92 Å². The highest BCUT2D eigenvalue weighted by Crippen LogP contribution is 2.32. The van der Waals surface area contributed by atoms with Crippen LogP contribution in [0.3, 0.4) is 0 Å². The molecule has 0 aliphatic rings. The Morgan fingerprint density at radius 2 is 1.90 bits per heavy atom. The van der Waals surface area contributed by atoms with E-state index in [9.17, 15) is 10.1 Å². The summed E-state index contributed by atoms with van der Waals surface area (Å²) in [6.07, 6.45) is 0. The van der Waals surface area contributed by atoms with Crippen LogP contribution in [0.2, 0.25) is 0 Å². The van der Waals surface area contributed by atoms with Crippen molar-refractivity contribution in [2.45, 2.75) is 0 Å². The molecule has 0 fully saturated rings. The molecule has 4 rings (SSSR count). The Labute approximate surface area is 116 Å². The number of rotatable bonds is 1. The number of hydrogen-bond donors (Lipinski definition) is 0. The van der Waals surface area contributed by atoms with Gasteiger partial charge in [0, 0.05) is 22.2 Å². The molecule has 4 aromatic rings. The molecule has 20 heavy (non-hydrogen) atoms. The molecule has 0 bridgehead atoms. The van der Waals surface area contributed by atoms with Crippen LogP contribution >= 0.6 is 11.3 Å². The fourth-order valence-corrected chi connectivity index (χ4v) is 3.27. The second-order valence-electron chi connectivity index (χ2n) is 4.41. The molecule has 0 amide bonds. The van der Waals surface area contributed by atoms with Crippen LogP contribution in [0.1, 0.15) is 0 Å². The summed E-state index contributed by atoms with van der Waals surface area (Å²) >= 11 is 1.58. The van der Waals surface area contributed by atoms with Gasteiger partial charge in [-0.1, -0.05) is 18.2 Å². The molecule has 0 saturated carbocycles. The Kier molecular flexibility index (Phi) is 2.22. The molecule has 0 saturated heterocycles. The SMILES string of the molecule is O=[N+]([O-])c1ccc2nc3sc4ccccc4c3nc2c1. The maximum absolute atomic E-state index is 10.8. The van der Waals surface area contributed by atoms with Gasteiger partial charge in [0.25, 0.3) is 5.69 Å². The maximum atomic E-state index is 10.8. The average Bonchev–Trinajstić information content (AvgIpc) is 2.81. The zero-order valence-electron chi connectivity index (χ0n) is 10.1. The maximum Gasteiger partial charge on any atom is 0.271 e. The second kappa shape index (κ2) is 3.94. The van der Waals surface area contributed by atoms with Gasteiger partial charge in [-0.2, -0.15) is 0 Å². The molecular weight excluding hydrogens is 274 g/mol. The van der Waals surface area contributed by atoms with Crippen molar-refractivity contribution >= 4 is 48.5 Å². The Hall–Kier alpha value is -2.60. The molecule has 0 spiro atoms. The van der Waals surface area contributed by atoms with E-state index >= 15 is 0 Å². The van der Waals surface area contributed by atoms with Crippen LogP contribution in [0.4, 0.5) is 5.69 Å². The van der Waals surface area contributed by atoms with Crippen molar-refractivity contribution in [1.82, 2.24) is 9.97 Å². The summed E-state index contributed by atoms with van der Waals surface area (Å²) in [5, 5.41) is 11.9. The first kappa shape index (κ1) is 11.2. The predicted octanol–water partition coefficient (Wildman–Crippen LogP) is 3.91. The van der Waals surface area contributed by atoms with Gasteiger partial charge in [-0.15, -0.1) is 11.3 Å². The fraction of sp³-hybridized carbons (Fsp3) is 0. The van der Waals surface area contributed by atoms with E-state index < -0.39 is 4.92 Å². The molecule has 0 atom stereocenters. The highest BCUT2D eigenvalue weighted by atomic mass is 32.1. The Balaban J connectivity index is 2.13. The first-order valence-corrected chi connectivity index (χ1v) is 6.77. The summed E-state index contributed by atoms with van der Waals surface area (Å²) in [7, 11) is 0. The molecular formula is C14H7N3O2S. The standard InChI is InChI=1S/C14H7N3O2S/c18-17(19)8-5-6-10-11(7-8)15-13-9-3-1-2-4-12(9)20-14(13)16-10/h1-7H. The summed E-state index contributed by atoms with van der Waals surface area (Å²) in [5.74, 6) is 0. The molecule has 0 aliphatic heterocycles. The topological polar surface area (TPSA) is 68.9 Å². The average molecular weight is 281 g/mol. The zero-order chi connectivity index (χ0) is 13.7. The molecule has 6 heteroatoms. The molecule has 0 N–H and O–H groups in total. The summed E-state index contributed by atoms with van der Waals surface area (Å²) in [6.45, 7) is 0. The number of non-ortho nitro benzene ring substituents is 1. The van der Waals surface area contributed by atoms with E-state index in [4.69, 9.17) is 0 Å². The summed E-state index contributed by atoms with van der Waals surface area (Å²) < 4.78 is 1.12. The van der Waals surface area contributed by atoms with E-state index in [0.29, 0.717) is 11.0 Å². The summed E-state index contributed by atoms with van der Waals surface area (Å²) in [5.41, 5.74) is 2.06. The lowest BCUT2D eigenvalue weighted by atomic mass is 10.2. The highest BCUT2D eigenvalue weighted by molar-refractivity contribution is 7.25. The Morgan fingerprint density at radius 1 is 1.05 bits per heavy atom. The van der Waals surface area contributed by atoms with E-state index in [2.05, 4.69) is 9.97 Å². The van der Waals surface area contributed by atoms with Gasteiger partial charge >= 0.3 is 0 Å². The molecule has 2 aromatic carbocycles. The van der Waals surface area contributed by atoms with Crippen molar-refractivity contribution in [2.75, 3.05) is 0 Å². The normalized spacial score (nSPS) is 11.4. The number of fused-ring (bicyclic) bond motifs is 4. The quantitative estimate of drug-likeness (QED) is 0.392. The molecule has 5 nitrogen and oxygen atoms in total. The van der Waals surface area contributed by atoms with E-state index in [1.807, 2.05) is 24.3 Å². The van der Waals surface area contributed by atoms with Crippen molar-refractivity contribution in [3.8, 4) is 0 Å². The zero-order valence-corrected chi connectivity index (χ0v) is 10.9. The number of hydrogen-bond acceptors (Lipinski definition) is 5. The smallest absolute Gasteiger partial charge is 0.258 e. The van der Waals surface area contributed by atoms with Crippen LogP contribution in [0.5, 0.6) is 0 Å². The lowest BCUT2D eigenvalue weighted by Gasteiger charge is -1.97. The van der Waals surface area contributed by atoms with E-state index in [0.717, 1.165) is 20.4 Å². The number of nitro groups is 1. The van der Waals surface area contributed by atoms with Gasteiger partial charge in [-0.3, -0.25) is 10.1 Å². The third kappa shape index (κ3) is 1.55. The van der Waals surface area contributed by atoms with Crippen LogP contribution in [0.15, 0.2) is 42.5 Å². The Morgan fingerprint density at radius 3 is 2.75 bits per heavy atom. The van der Waals surface area contributed by atoms with Gasteiger partial charge in [0.2, 0.25) is 0 Å². The molecule has 0 radical (unpaired) electrons. The summed E-state index contributed by atoms with van der Waals surface area (Å²) in [4.78, 5) is 20.4. The third-order valence-electron chi connectivity index (χ3n) is 3.18. The van der Waals surface area contributed by atoms with E-state index in [1.54, 1.807) is 17.4 Å². The van der Waals surface area contributed by atoms with Gasteiger partial charge < -0.3 is 0 Å². The minimum Gasteiger partial charge on any atom is -0.258 e. The van der Waals surface area contributed by atoms with Gasteiger partial charge in [-0.05, 0) is 12.1 Å². The van der Waals surface area contributed by atoms with Gasteiger partial charge in [0.1, 0.15) is 10.3 Å². The number of thiophene rings is 1. The Bertz CT molecular complexity index is 994. The van der Waals surface area contributed by atoms with Crippen LogP contribution in [-0.4, -0.2) is 14.9 Å². The van der Waals surface area contributed by atoms with Crippen LogP contribution < -0.4 is 0 Å². The van der Waals surface area contributed by atoms with E-state index in [1.165, 1.54) is 12.1 Å². The van der Waals surface area contributed by atoms with Gasteiger partial charge in [0.15, 0.2) is 0 Å². The lowest BCUT2D eigenvalue weighted by molar-refractivity contribution is -0.384. The van der Waals surface area contributed by atoms with Crippen molar-refractivity contribution in [2.24, 2.45) is 0 Å². The van der Waals surface area contributed by atoms with Crippen molar-refractivity contribution in [3.05, 3.63) is 52.6 Å².